The summed E-state index contributed by atoms with van der Waals surface area (Å²) in [5, 5.41) is 3.28. The van der Waals surface area contributed by atoms with Gasteiger partial charge < -0.3 is 14.8 Å². The molecule has 0 unspecified atom stereocenters. The number of benzene rings is 1. The van der Waals surface area contributed by atoms with Gasteiger partial charge in [-0.15, -0.1) is 0 Å². The SMILES string of the molecule is COc1ccc(Cl)cc1NC(=O)[C@H]1CCCN1C(=O)OC(C)(C)C. The van der Waals surface area contributed by atoms with Crippen LogP contribution in [-0.4, -0.2) is 42.2 Å². The summed E-state index contributed by atoms with van der Waals surface area (Å²) in [6, 6.07) is 4.41. The van der Waals surface area contributed by atoms with E-state index in [1.54, 1.807) is 39.0 Å². The summed E-state index contributed by atoms with van der Waals surface area (Å²) in [7, 11) is 1.52. The zero-order valence-electron chi connectivity index (χ0n) is 14.4. The first kappa shape index (κ1) is 18.4. The minimum atomic E-state index is -0.600. The first-order chi connectivity index (χ1) is 11.2. The van der Waals surface area contributed by atoms with E-state index in [4.69, 9.17) is 21.1 Å². The third kappa shape index (κ3) is 4.54. The second-order valence-electron chi connectivity index (χ2n) is 6.67. The number of rotatable bonds is 3. The molecule has 0 aliphatic carbocycles. The quantitative estimate of drug-likeness (QED) is 0.898. The number of nitrogens with one attached hydrogen (secondary N) is 1. The standard InChI is InChI=1S/C17H23ClN2O4/c1-17(2,3)24-16(22)20-9-5-6-13(20)15(21)19-12-10-11(18)7-8-14(12)23-4/h7-8,10,13H,5-6,9H2,1-4H3,(H,19,21)/t13-/m1/s1. The molecule has 24 heavy (non-hydrogen) atoms. The summed E-state index contributed by atoms with van der Waals surface area (Å²) >= 11 is 5.98. The number of carbonyl (C=O) groups is 2. The van der Waals surface area contributed by atoms with Gasteiger partial charge in [-0.3, -0.25) is 9.69 Å². The van der Waals surface area contributed by atoms with Crippen molar-refractivity contribution in [2.24, 2.45) is 0 Å². The molecule has 0 spiro atoms. The maximum Gasteiger partial charge on any atom is 0.410 e. The van der Waals surface area contributed by atoms with Gasteiger partial charge in [-0.2, -0.15) is 0 Å². The Morgan fingerprint density at radius 1 is 1.33 bits per heavy atom. The third-order valence-electron chi connectivity index (χ3n) is 3.60. The van der Waals surface area contributed by atoms with Crippen LogP contribution in [0, 0.1) is 0 Å². The summed E-state index contributed by atoms with van der Waals surface area (Å²) in [6.07, 6.45) is 0.871. The monoisotopic (exact) mass is 354 g/mol. The number of nitrogens with zero attached hydrogens (tertiary/aromatic N) is 1. The smallest absolute Gasteiger partial charge is 0.410 e. The van der Waals surface area contributed by atoms with E-state index >= 15 is 0 Å². The van der Waals surface area contributed by atoms with Crippen LogP contribution in [0.2, 0.25) is 5.02 Å². The molecule has 1 fully saturated rings. The van der Waals surface area contributed by atoms with Crippen LogP contribution in [0.25, 0.3) is 0 Å². The van der Waals surface area contributed by atoms with Gasteiger partial charge in [0.05, 0.1) is 12.8 Å². The molecule has 1 saturated heterocycles. The molecule has 1 aromatic carbocycles. The third-order valence-corrected chi connectivity index (χ3v) is 3.84. The van der Waals surface area contributed by atoms with Crippen LogP contribution in [0.15, 0.2) is 18.2 Å². The van der Waals surface area contributed by atoms with E-state index in [0.717, 1.165) is 6.42 Å². The molecule has 2 rings (SSSR count). The Labute approximate surface area is 147 Å². The molecule has 6 nitrogen and oxygen atoms in total. The van der Waals surface area contributed by atoms with Gasteiger partial charge >= 0.3 is 6.09 Å². The van der Waals surface area contributed by atoms with Crippen molar-refractivity contribution >= 4 is 29.3 Å². The number of halogens is 1. The highest BCUT2D eigenvalue weighted by Crippen LogP contribution is 2.29. The predicted octanol–water partition coefficient (Wildman–Crippen LogP) is 3.69. The largest absolute Gasteiger partial charge is 0.495 e. The molecular formula is C17H23ClN2O4. The molecule has 0 aromatic heterocycles. The Balaban J connectivity index is 2.11. The van der Waals surface area contributed by atoms with Crippen molar-refractivity contribution in [3.05, 3.63) is 23.2 Å². The minimum absolute atomic E-state index is 0.279. The zero-order valence-corrected chi connectivity index (χ0v) is 15.1. The first-order valence-corrected chi connectivity index (χ1v) is 8.23. The number of hydrogen-bond donors (Lipinski definition) is 1. The van der Waals surface area contributed by atoms with Gasteiger partial charge in [0.25, 0.3) is 0 Å². The van der Waals surface area contributed by atoms with Gasteiger partial charge in [-0.25, -0.2) is 4.79 Å². The van der Waals surface area contributed by atoms with Gasteiger partial charge in [0.2, 0.25) is 5.91 Å². The second-order valence-corrected chi connectivity index (χ2v) is 7.10. The Bertz CT molecular complexity index is 628. The molecule has 1 aliphatic heterocycles. The Kier molecular flexibility index (Phi) is 5.59. The van der Waals surface area contributed by atoms with Crippen LogP contribution in [0.1, 0.15) is 33.6 Å². The highest BCUT2D eigenvalue weighted by Gasteiger charge is 2.36. The molecule has 2 amide bonds. The van der Waals surface area contributed by atoms with E-state index in [0.29, 0.717) is 29.4 Å². The van der Waals surface area contributed by atoms with E-state index in [9.17, 15) is 9.59 Å². The van der Waals surface area contributed by atoms with Crippen molar-refractivity contribution in [3.63, 3.8) is 0 Å². The second kappa shape index (κ2) is 7.30. The lowest BCUT2D eigenvalue weighted by Gasteiger charge is -2.28. The van der Waals surface area contributed by atoms with Crippen LogP contribution in [0.5, 0.6) is 5.75 Å². The topological polar surface area (TPSA) is 67.9 Å². The van der Waals surface area contributed by atoms with E-state index in [2.05, 4.69) is 5.32 Å². The summed E-state index contributed by atoms with van der Waals surface area (Å²) in [6.45, 7) is 5.90. The van der Waals surface area contributed by atoms with Crippen LogP contribution >= 0.6 is 11.6 Å². The van der Waals surface area contributed by atoms with Crippen molar-refractivity contribution in [2.75, 3.05) is 19.0 Å². The first-order valence-electron chi connectivity index (χ1n) is 7.85. The molecule has 1 aromatic rings. The highest BCUT2D eigenvalue weighted by molar-refractivity contribution is 6.31. The van der Waals surface area contributed by atoms with Gasteiger partial charge in [-0.1, -0.05) is 11.6 Å². The van der Waals surface area contributed by atoms with Crippen molar-refractivity contribution in [3.8, 4) is 5.75 Å². The number of likely N-dealkylation sites (tertiary alicyclic amines) is 1. The van der Waals surface area contributed by atoms with Crippen molar-refractivity contribution in [1.29, 1.82) is 0 Å². The maximum absolute atomic E-state index is 12.6. The van der Waals surface area contributed by atoms with Crippen LogP contribution < -0.4 is 10.1 Å². The number of anilines is 1. The van der Waals surface area contributed by atoms with Crippen molar-refractivity contribution in [2.45, 2.75) is 45.3 Å². The molecule has 1 aliphatic rings. The molecule has 1 heterocycles. The molecule has 7 heteroatoms. The number of carbonyl (C=O) groups excluding carboxylic acids is 2. The van der Waals surface area contributed by atoms with Crippen molar-refractivity contribution < 1.29 is 19.1 Å². The lowest BCUT2D eigenvalue weighted by atomic mass is 10.2. The lowest BCUT2D eigenvalue weighted by Crippen LogP contribution is -2.45. The lowest BCUT2D eigenvalue weighted by molar-refractivity contribution is -0.120. The number of amides is 2. The maximum atomic E-state index is 12.6. The molecule has 132 valence electrons. The van der Waals surface area contributed by atoms with Gasteiger partial charge in [0.15, 0.2) is 0 Å². The summed E-state index contributed by atoms with van der Waals surface area (Å²) in [4.78, 5) is 26.4. The Hall–Kier alpha value is -1.95. The Morgan fingerprint density at radius 3 is 2.67 bits per heavy atom. The molecule has 0 radical (unpaired) electrons. The molecular weight excluding hydrogens is 332 g/mol. The van der Waals surface area contributed by atoms with E-state index in [1.807, 2.05) is 0 Å². The normalized spacial score (nSPS) is 17.5. The fraction of sp³-hybridized carbons (Fsp3) is 0.529. The van der Waals surface area contributed by atoms with Gasteiger partial charge in [0, 0.05) is 11.6 Å². The fourth-order valence-corrected chi connectivity index (χ4v) is 2.74. The zero-order chi connectivity index (χ0) is 17.9. The summed E-state index contributed by atoms with van der Waals surface area (Å²) in [5.41, 5.74) is -0.123. The highest BCUT2D eigenvalue weighted by atomic mass is 35.5. The van der Waals surface area contributed by atoms with E-state index in [1.165, 1.54) is 12.0 Å². The summed E-state index contributed by atoms with van der Waals surface area (Å²) in [5.74, 6) is 0.230. The van der Waals surface area contributed by atoms with E-state index < -0.39 is 17.7 Å². The minimum Gasteiger partial charge on any atom is -0.495 e. The molecule has 1 atom stereocenters. The average Bonchev–Trinajstić information content (AvgIpc) is 2.95. The molecule has 0 saturated carbocycles. The Morgan fingerprint density at radius 2 is 2.04 bits per heavy atom. The van der Waals surface area contributed by atoms with Crippen molar-refractivity contribution in [1.82, 2.24) is 4.90 Å². The summed E-state index contributed by atoms with van der Waals surface area (Å²) < 4.78 is 10.6. The van der Waals surface area contributed by atoms with E-state index in [-0.39, 0.29) is 5.91 Å². The molecule has 0 bridgehead atoms. The van der Waals surface area contributed by atoms with Crippen LogP contribution in [0.4, 0.5) is 10.5 Å². The number of methoxy groups -OCH3 is 1. The fourth-order valence-electron chi connectivity index (χ4n) is 2.57. The number of hydrogen-bond acceptors (Lipinski definition) is 4. The van der Waals surface area contributed by atoms with Crippen LogP contribution in [0.3, 0.4) is 0 Å². The van der Waals surface area contributed by atoms with Crippen LogP contribution in [-0.2, 0) is 9.53 Å². The average molecular weight is 355 g/mol. The number of ether oxygens (including phenoxy) is 2. The van der Waals surface area contributed by atoms with Gasteiger partial charge in [-0.05, 0) is 51.8 Å². The van der Waals surface area contributed by atoms with Gasteiger partial charge in [0.1, 0.15) is 17.4 Å². The molecule has 1 N–H and O–H groups in total. The predicted molar refractivity (Wildman–Crippen MR) is 92.6 cm³/mol.